The number of benzene rings is 1. The average Bonchev–Trinajstić information content (AvgIpc) is 2.52. The minimum Gasteiger partial charge on any atom is -0.469 e. The second-order valence-corrected chi connectivity index (χ2v) is 5.36. The van der Waals surface area contributed by atoms with Crippen LogP contribution in [0, 0.1) is 5.92 Å². The molecule has 0 aliphatic carbocycles. The van der Waals surface area contributed by atoms with E-state index in [1.165, 1.54) is 7.11 Å². The first-order valence-electron chi connectivity index (χ1n) is 7.38. The van der Waals surface area contributed by atoms with Gasteiger partial charge in [0.25, 0.3) is 0 Å². The molecule has 0 spiro atoms. The van der Waals surface area contributed by atoms with E-state index in [1.807, 2.05) is 30.3 Å². The average molecular weight is 291 g/mol. The summed E-state index contributed by atoms with van der Waals surface area (Å²) in [6.07, 6.45) is 1.15. The maximum atomic E-state index is 12.7. The highest BCUT2D eigenvalue weighted by Gasteiger charge is 2.28. The van der Waals surface area contributed by atoms with Gasteiger partial charge in [-0.2, -0.15) is 0 Å². The van der Waals surface area contributed by atoms with Gasteiger partial charge in [-0.15, -0.1) is 0 Å². The Bertz CT molecular complexity index is 458. The highest BCUT2D eigenvalue weighted by atomic mass is 16.5. The molecule has 1 aromatic carbocycles. The van der Waals surface area contributed by atoms with Gasteiger partial charge >= 0.3 is 5.97 Å². The monoisotopic (exact) mass is 291 g/mol. The largest absolute Gasteiger partial charge is 0.469 e. The molecule has 2 unspecified atom stereocenters. The predicted molar refractivity (Wildman–Crippen MR) is 82.9 cm³/mol. The minimum atomic E-state index is -0.297. The van der Waals surface area contributed by atoms with Crippen LogP contribution in [0.5, 0.6) is 0 Å². The summed E-state index contributed by atoms with van der Waals surface area (Å²) >= 11 is 0. The number of esters is 1. The smallest absolute Gasteiger partial charge is 0.307 e. The zero-order chi connectivity index (χ0) is 15.8. The summed E-state index contributed by atoms with van der Waals surface area (Å²) in [5.41, 5.74) is 1.03. The van der Waals surface area contributed by atoms with E-state index in [2.05, 4.69) is 18.6 Å². The van der Waals surface area contributed by atoms with Crippen molar-refractivity contribution >= 4 is 11.9 Å². The van der Waals surface area contributed by atoms with E-state index in [1.54, 1.807) is 11.9 Å². The van der Waals surface area contributed by atoms with Gasteiger partial charge in [-0.05, 0) is 11.5 Å². The molecule has 0 fully saturated rings. The van der Waals surface area contributed by atoms with E-state index < -0.39 is 0 Å². The summed E-state index contributed by atoms with van der Waals surface area (Å²) < 4.78 is 4.62. The van der Waals surface area contributed by atoms with E-state index in [0.29, 0.717) is 6.54 Å². The van der Waals surface area contributed by atoms with Crippen molar-refractivity contribution in [3.05, 3.63) is 35.9 Å². The molecule has 116 valence electrons. The molecule has 21 heavy (non-hydrogen) atoms. The van der Waals surface area contributed by atoms with Crippen LogP contribution in [-0.4, -0.2) is 37.5 Å². The van der Waals surface area contributed by atoms with Gasteiger partial charge in [0.15, 0.2) is 0 Å². The molecule has 2 atom stereocenters. The van der Waals surface area contributed by atoms with Gasteiger partial charge in [0.1, 0.15) is 0 Å². The molecule has 1 amide bonds. The Morgan fingerprint density at radius 2 is 1.86 bits per heavy atom. The number of carbonyl (C=O) groups is 2. The summed E-state index contributed by atoms with van der Waals surface area (Å²) in [5, 5.41) is 0. The van der Waals surface area contributed by atoms with Crippen molar-refractivity contribution in [1.82, 2.24) is 4.90 Å². The SMILES string of the molecule is CCC(C)C(C(=O)N(C)CCC(=O)OC)c1ccccc1. The van der Waals surface area contributed by atoms with Crippen molar-refractivity contribution in [3.63, 3.8) is 0 Å². The number of nitrogens with zero attached hydrogens (tertiary/aromatic N) is 1. The number of carbonyl (C=O) groups excluding carboxylic acids is 2. The number of methoxy groups -OCH3 is 1. The number of hydrogen-bond acceptors (Lipinski definition) is 3. The highest BCUT2D eigenvalue weighted by Crippen LogP contribution is 2.28. The first-order valence-corrected chi connectivity index (χ1v) is 7.38. The number of likely N-dealkylation sites (N-methyl/N-ethyl adjacent to an activating group) is 1. The third-order valence-corrected chi connectivity index (χ3v) is 3.89. The number of ether oxygens (including phenoxy) is 1. The summed E-state index contributed by atoms with van der Waals surface area (Å²) in [6, 6.07) is 9.83. The van der Waals surface area contributed by atoms with Crippen molar-refractivity contribution in [2.45, 2.75) is 32.6 Å². The Morgan fingerprint density at radius 1 is 1.24 bits per heavy atom. The molecular formula is C17H25NO3. The first kappa shape index (κ1) is 17.2. The lowest BCUT2D eigenvalue weighted by molar-refractivity contribution is -0.141. The predicted octanol–water partition coefficient (Wildman–Crippen LogP) is 2.84. The van der Waals surface area contributed by atoms with E-state index in [9.17, 15) is 9.59 Å². The number of amides is 1. The second kappa shape index (κ2) is 8.45. The van der Waals surface area contributed by atoms with Gasteiger partial charge in [-0.3, -0.25) is 9.59 Å². The van der Waals surface area contributed by atoms with Crippen LogP contribution in [0.4, 0.5) is 0 Å². The zero-order valence-electron chi connectivity index (χ0n) is 13.3. The van der Waals surface area contributed by atoms with E-state index in [0.717, 1.165) is 12.0 Å². The molecule has 0 aliphatic heterocycles. The summed E-state index contributed by atoms with van der Waals surface area (Å²) in [4.78, 5) is 25.6. The zero-order valence-corrected chi connectivity index (χ0v) is 13.3. The molecule has 1 rings (SSSR count). The van der Waals surface area contributed by atoms with Crippen molar-refractivity contribution in [2.75, 3.05) is 20.7 Å². The molecule has 4 heteroatoms. The van der Waals surface area contributed by atoms with Crippen LogP contribution in [0.3, 0.4) is 0 Å². The van der Waals surface area contributed by atoms with Crippen LogP contribution in [-0.2, 0) is 14.3 Å². The van der Waals surface area contributed by atoms with Crippen LogP contribution < -0.4 is 0 Å². The fourth-order valence-corrected chi connectivity index (χ4v) is 2.32. The summed E-state index contributed by atoms with van der Waals surface area (Å²) in [5.74, 6) is -0.159. The molecular weight excluding hydrogens is 266 g/mol. The lowest BCUT2D eigenvalue weighted by Gasteiger charge is -2.27. The van der Waals surface area contributed by atoms with E-state index >= 15 is 0 Å². The Labute approximate surface area is 127 Å². The molecule has 0 saturated carbocycles. The molecule has 0 radical (unpaired) electrons. The summed E-state index contributed by atoms with van der Waals surface area (Å²) in [6.45, 7) is 4.55. The Kier molecular flexibility index (Phi) is 6.92. The molecule has 0 saturated heterocycles. The van der Waals surface area contributed by atoms with Crippen molar-refractivity contribution in [1.29, 1.82) is 0 Å². The number of hydrogen-bond donors (Lipinski definition) is 0. The van der Waals surface area contributed by atoms with E-state index in [-0.39, 0.29) is 30.1 Å². The van der Waals surface area contributed by atoms with Crippen LogP contribution in [0.15, 0.2) is 30.3 Å². The Hall–Kier alpha value is -1.84. The lowest BCUT2D eigenvalue weighted by atomic mass is 9.84. The van der Waals surface area contributed by atoms with Gasteiger partial charge in [-0.1, -0.05) is 50.6 Å². The van der Waals surface area contributed by atoms with Gasteiger partial charge < -0.3 is 9.64 Å². The molecule has 0 aromatic heterocycles. The molecule has 0 bridgehead atoms. The highest BCUT2D eigenvalue weighted by molar-refractivity contribution is 5.84. The fourth-order valence-electron chi connectivity index (χ4n) is 2.32. The van der Waals surface area contributed by atoms with Crippen LogP contribution >= 0.6 is 0 Å². The molecule has 0 aliphatic rings. The Morgan fingerprint density at radius 3 is 2.38 bits per heavy atom. The van der Waals surface area contributed by atoms with E-state index in [4.69, 9.17) is 0 Å². The van der Waals surface area contributed by atoms with Gasteiger partial charge in [0.2, 0.25) is 5.91 Å². The standard InChI is InChI=1S/C17H25NO3/c1-5-13(2)16(14-9-7-6-8-10-14)17(20)18(3)12-11-15(19)21-4/h6-10,13,16H,5,11-12H2,1-4H3. The molecule has 1 aromatic rings. The second-order valence-electron chi connectivity index (χ2n) is 5.36. The third-order valence-electron chi connectivity index (χ3n) is 3.89. The van der Waals surface area contributed by atoms with Crippen LogP contribution in [0.25, 0.3) is 0 Å². The normalized spacial score (nSPS) is 13.3. The van der Waals surface area contributed by atoms with Crippen LogP contribution in [0.2, 0.25) is 0 Å². The lowest BCUT2D eigenvalue weighted by Crippen LogP contribution is -2.36. The summed E-state index contributed by atoms with van der Waals surface area (Å²) in [7, 11) is 3.10. The minimum absolute atomic E-state index is 0.0550. The van der Waals surface area contributed by atoms with Crippen molar-refractivity contribution in [3.8, 4) is 0 Å². The van der Waals surface area contributed by atoms with Crippen molar-refractivity contribution < 1.29 is 14.3 Å². The maximum absolute atomic E-state index is 12.7. The fraction of sp³-hybridized carbons (Fsp3) is 0.529. The van der Waals surface area contributed by atoms with Gasteiger partial charge in [0, 0.05) is 13.6 Å². The van der Waals surface area contributed by atoms with Gasteiger partial charge in [0.05, 0.1) is 19.4 Å². The van der Waals surface area contributed by atoms with Gasteiger partial charge in [-0.25, -0.2) is 0 Å². The van der Waals surface area contributed by atoms with Crippen molar-refractivity contribution in [2.24, 2.45) is 5.92 Å². The molecule has 0 N–H and O–H groups in total. The molecule has 4 nitrogen and oxygen atoms in total. The topological polar surface area (TPSA) is 46.6 Å². The quantitative estimate of drug-likeness (QED) is 0.726. The molecule has 0 heterocycles. The third kappa shape index (κ3) is 4.88. The first-order chi connectivity index (χ1) is 10.0. The maximum Gasteiger partial charge on any atom is 0.307 e. The number of rotatable bonds is 7. The Balaban J connectivity index is 2.83. The van der Waals surface area contributed by atoms with Crippen LogP contribution in [0.1, 0.15) is 38.2 Å².